The van der Waals surface area contributed by atoms with Gasteiger partial charge in [-0.25, -0.2) is 0 Å². The van der Waals surface area contributed by atoms with Crippen molar-refractivity contribution in [2.24, 2.45) is 5.41 Å². The molecule has 1 rings (SSSR count). The lowest BCUT2D eigenvalue weighted by molar-refractivity contribution is -0.385. The Kier molecular flexibility index (Phi) is 6.34. The summed E-state index contributed by atoms with van der Waals surface area (Å²) >= 11 is 0. The lowest BCUT2D eigenvalue weighted by atomic mass is 9.92. The Balaban J connectivity index is 2.95. The highest BCUT2D eigenvalue weighted by molar-refractivity contribution is 5.96. The molecule has 0 bridgehead atoms. The van der Waals surface area contributed by atoms with E-state index in [1.807, 2.05) is 5.32 Å². The first kappa shape index (κ1) is 21.4. The van der Waals surface area contributed by atoms with Crippen molar-refractivity contribution in [2.75, 3.05) is 5.32 Å². The van der Waals surface area contributed by atoms with Gasteiger partial charge in [0.1, 0.15) is 0 Å². The van der Waals surface area contributed by atoms with Crippen LogP contribution >= 0.6 is 0 Å². The molecule has 0 saturated heterocycles. The van der Waals surface area contributed by atoms with Crippen LogP contribution in [0.4, 0.5) is 24.5 Å². The van der Waals surface area contributed by atoms with Crippen LogP contribution in [0.15, 0.2) is 18.2 Å². The van der Waals surface area contributed by atoms with E-state index >= 15 is 0 Å². The number of benzene rings is 1. The van der Waals surface area contributed by atoms with Gasteiger partial charge in [-0.3, -0.25) is 19.7 Å². The predicted octanol–water partition coefficient (Wildman–Crippen LogP) is 3.92. The van der Waals surface area contributed by atoms with Gasteiger partial charge in [-0.05, 0) is 18.4 Å². The molecule has 144 valence electrons. The van der Waals surface area contributed by atoms with Gasteiger partial charge >= 0.3 is 12.1 Å². The molecule has 0 aromatic heterocycles. The van der Waals surface area contributed by atoms with Crippen LogP contribution in [0.3, 0.4) is 0 Å². The Hall–Kier alpha value is -2.65. The van der Waals surface area contributed by atoms with Crippen molar-refractivity contribution in [2.45, 2.75) is 46.4 Å². The third-order valence-electron chi connectivity index (χ3n) is 3.13. The second-order valence-electron chi connectivity index (χ2n) is 6.84. The van der Waals surface area contributed by atoms with Crippen molar-refractivity contribution >= 4 is 23.3 Å². The fourth-order valence-electron chi connectivity index (χ4n) is 1.95. The van der Waals surface area contributed by atoms with Crippen molar-refractivity contribution in [1.82, 2.24) is 0 Å². The molecule has 10 heteroatoms. The molecule has 7 nitrogen and oxygen atoms in total. The van der Waals surface area contributed by atoms with E-state index in [0.717, 1.165) is 12.1 Å². The van der Waals surface area contributed by atoms with Gasteiger partial charge < -0.3 is 10.1 Å². The van der Waals surface area contributed by atoms with Crippen LogP contribution in [-0.4, -0.2) is 22.9 Å². The minimum absolute atomic E-state index is 0.0238. The van der Waals surface area contributed by atoms with E-state index in [4.69, 9.17) is 4.74 Å². The lowest BCUT2D eigenvalue weighted by Gasteiger charge is -2.20. The maximum Gasteiger partial charge on any atom is 0.418 e. The smallest absolute Gasteiger partial charge is 0.418 e. The number of amides is 1. The van der Waals surface area contributed by atoms with Crippen molar-refractivity contribution in [3.63, 3.8) is 0 Å². The van der Waals surface area contributed by atoms with Gasteiger partial charge in [0.15, 0.2) is 6.10 Å². The molecule has 0 saturated carbocycles. The number of ether oxygens (including phenoxy) is 1. The van der Waals surface area contributed by atoms with Crippen LogP contribution in [0.25, 0.3) is 0 Å². The van der Waals surface area contributed by atoms with Gasteiger partial charge in [0.05, 0.1) is 22.6 Å². The second kappa shape index (κ2) is 7.71. The highest BCUT2D eigenvalue weighted by atomic mass is 19.4. The van der Waals surface area contributed by atoms with Gasteiger partial charge in [0, 0.05) is 12.1 Å². The number of rotatable bonds is 5. The normalized spacial score (nSPS) is 13.0. The second-order valence-corrected chi connectivity index (χ2v) is 6.84. The predicted molar refractivity (Wildman–Crippen MR) is 86.4 cm³/mol. The number of halogens is 3. The Labute approximate surface area is 147 Å². The first-order chi connectivity index (χ1) is 11.7. The van der Waals surface area contributed by atoms with Crippen LogP contribution in [0.2, 0.25) is 0 Å². The number of carbonyl (C=O) groups excluding carboxylic acids is 2. The standard InChI is InChI=1S/C16H19F3N2O5/c1-9(26-13(22)8-15(2,3)4)14(23)20-12-6-5-10(21(24)25)7-11(12)16(17,18)19/h5-7,9H,8H2,1-4H3,(H,20,23)/t9-/m0/s1. The number of hydrogen-bond acceptors (Lipinski definition) is 5. The Morgan fingerprint density at radius 2 is 1.85 bits per heavy atom. The summed E-state index contributed by atoms with van der Waals surface area (Å²) in [4.78, 5) is 33.4. The van der Waals surface area contributed by atoms with Crippen molar-refractivity contribution in [1.29, 1.82) is 0 Å². The minimum Gasteiger partial charge on any atom is -0.453 e. The van der Waals surface area contributed by atoms with Gasteiger partial charge in [0.2, 0.25) is 0 Å². The fourth-order valence-corrected chi connectivity index (χ4v) is 1.95. The van der Waals surface area contributed by atoms with E-state index in [9.17, 15) is 32.9 Å². The van der Waals surface area contributed by atoms with Gasteiger partial charge in [-0.15, -0.1) is 0 Å². The number of non-ortho nitro benzene ring substituents is 1. The molecule has 0 heterocycles. The van der Waals surface area contributed by atoms with Crippen LogP contribution in [0.1, 0.15) is 39.7 Å². The molecule has 26 heavy (non-hydrogen) atoms. The van der Waals surface area contributed by atoms with Crippen molar-refractivity contribution < 1.29 is 32.4 Å². The summed E-state index contributed by atoms with van der Waals surface area (Å²) in [5.74, 6) is -1.65. The van der Waals surface area contributed by atoms with Gasteiger partial charge in [-0.1, -0.05) is 20.8 Å². The molecule has 0 aliphatic rings. The fraction of sp³-hybridized carbons (Fsp3) is 0.500. The highest BCUT2D eigenvalue weighted by Gasteiger charge is 2.36. The number of carbonyl (C=O) groups is 2. The molecule has 0 aliphatic heterocycles. The molecule has 0 fully saturated rings. The monoisotopic (exact) mass is 376 g/mol. The number of anilines is 1. The molecule has 0 radical (unpaired) electrons. The number of nitro groups is 1. The third kappa shape index (κ3) is 6.34. The molecule has 0 unspecified atom stereocenters. The van der Waals surface area contributed by atoms with Crippen molar-refractivity contribution in [3.05, 3.63) is 33.9 Å². The van der Waals surface area contributed by atoms with Crippen LogP contribution in [0.5, 0.6) is 0 Å². The zero-order valence-corrected chi connectivity index (χ0v) is 14.6. The molecular formula is C16H19F3N2O5. The number of alkyl halides is 3. The van der Waals surface area contributed by atoms with E-state index < -0.39 is 46.0 Å². The average Bonchev–Trinajstić information content (AvgIpc) is 2.43. The van der Waals surface area contributed by atoms with Gasteiger partial charge in [-0.2, -0.15) is 13.2 Å². The summed E-state index contributed by atoms with van der Waals surface area (Å²) in [7, 11) is 0. The quantitative estimate of drug-likeness (QED) is 0.477. The first-order valence-corrected chi connectivity index (χ1v) is 7.56. The molecule has 1 aromatic rings. The molecule has 1 amide bonds. The van der Waals surface area contributed by atoms with Crippen LogP contribution in [0, 0.1) is 15.5 Å². The van der Waals surface area contributed by atoms with Crippen LogP contribution in [-0.2, 0) is 20.5 Å². The summed E-state index contributed by atoms with van der Waals surface area (Å²) in [5.41, 5.74) is -3.17. The molecule has 0 spiro atoms. The first-order valence-electron chi connectivity index (χ1n) is 7.56. The zero-order valence-electron chi connectivity index (χ0n) is 14.6. The van der Waals surface area contributed by atoms with E-state index in [2.05, 4.69) is 0 Å². The Bertz CT molecular complexity index is 711. The molecule has 0 aliphatic carbocycles. The number of nitrogens with one attached hydrogen (secondary N) is 1. The molecule has 1 N–H and O–H groups in total. The Morgan fingerprint density at radius 3 is 2.31 bits per heavy atom. The van der Waals surface area contributed by atoms with E-state index in [0.29, 0.717) is 6.07 Å². The topological polar surface area (TPSA) is 98.5 Å². The van der Waals surface area contributed by atoms with E-state index in [1.54, 1.807) is 20.8 Å². The molecular weight excluding hydrogens is 357 g/mol. The molecule has 1 aromatic carbocycles. The number of hydrogen-bond donors (Lipinski definition) is 1. The number of nitro benzene ring substituents is 1. The third-order valence-corrected chi connectivity index (χ3v) is 3.13. The summed E-state index contributed by atoms with van der Waals surface area (Å²) in [5, 5.41) is 12.6. The lowest BCUT2D eigenvalue weighted by Crippen LogP contribution is -2.31. The van der Waals surface area contributed by atoms with Crippen LogP contribution < -0.4 is 5.32 Å². The summed E-state index contributed by atoms with van der Waals surface area (Å²) in [6.07, 6.45) is -6.22. The largest absolute Gasteiger partial charge is 0.453 e. The number of esters is 1. The number of nitrogens with zero attached hydrogens (tertiary/aromatic N) is 1. The maximum absolute atomic E-state index is 13.1. The van der Waals surface area contributed by atoms with E-state index in [1.165, 1.54) is 6.92 Å². The maximum atomic E-state index is 13.1. The summed E-state index contributed by atoms with van der Waals surface area (Å²) in [6.45, 7) is 6.57. The minimum atomic E-state index is -4.92. The van der Waals surface area contributed by atoms with E-state index in [-0.39, 0.29) is 11.8 Å². The van der Waals surface area contributed by atoms with Gasteiger partial charge in [0.25, 0.3) is 11.6 Å². The van der Waals surface area contributed by atoms with Crippen molar-refractivity contribution in [3.8, 4) is 0 Å². The molecule has 1 atom stereocenters. The SMILES string of the molecule is C[C@H](OC(=O)CC(C)(C)C)C(=O)Nc1ccc([N+](=O)[O-])cc1C(F)(F)F. The Morgan fingerprint density at radius 1 is 1.27 bits per heavy atom. The summed E-state index contributed by atoms with van der Waals surface area (Å²) in [6, 6.07) is 1.94. The highest BCUT2D eigenvalue weighted by Crippen LogP contribution is 2.37. The average molecular weight is 376 g/mol. The summed E-state index contributed by atoms with van der Waals surface area (Å²) < 4.78 is 44.1. The zero-order chi connectivity index (χ0) is 20.3.